The highest BCUT2D eigenvalue weighted by Crippen LogP contribution is 2.38. The van der Waals surface area contributed by atoms with Crippen LogP contribution in [0.25, 0.3) is 0 Å². The zero-order valence-electron chi connectivity index (χ0n) is 61.9. The summed E-state index contributed by atoms with van der Waals surface area (Å²) in [6.45, 7) is 4.74. The van der Waals surface area contributed by atoms with Crippen LogP contribution in [0.4, 0.5) is 0 Å². The van der Waals surface area contributed by atoms with Crippen LogP contribution < -0.4 is 10.2 Å². The lowest BCUT2D eigenvalue weighted by Gasteiger charge is -2.29. The van der Waals surface area contributed by atoms with E-state index in [1.54, 1.807) is 6.08 Å². The molecule has 9 heteroatoms. The van der Waals surface area contributed by atoms with Crippen molar-refractivity contribution in [3.8, 4) is 0 Å². The molecule has 0 spiro atoms. The average molecular weight is 1290 g/mol. The maximum Gasteiger partial charge on any atom is 0.268 e. The molecule has 0 aromatic rings. The molecule has 3 unspecified atom stereocenters. The summed E-state index contributed by atoms with van der Waals surface area (Å²) in [5, 5.41) is 14.0. The van der Waals surface area contributed by atoms with E-state index in [0.29, 0.717) is 17.4 Å². The third kappa shape index (κ3) is 74.6. The number of likely N-dealkylation sites (N-methyl/N-ethyl adjacent to an activating group) is 1. The van der Waals surface area contributed by atoms with E-state index in [4.69, 9.17) is 9.05 Å². The standard InChI is InChI=1S/C81H163N2O6P/c1-6-8-10-12-14-16-18-20-22-24-26-28-30-32-34-36-38-40-41-42-43-45-47-49-51-53-55-57-59-61-63-65-67-69-71-73-75-81(85)82-79(78-89-90(86,87)88-77-76-83(3,4)5)80(84)74-72-70-68-66-64-62-60-58-56-54-52-50-48-46-44-39-37-35-33-31-29-27-25-23-21-19-17-15-13-11-9-7-2/h72,74,79-80,84H,6-71,73,75-78H2,1-5H3,(H-,82,85,86,87)/b74-72+. The zero-order chi connectivity index (χ0) is 65.5. The maximum atomic E-state index is 13.1. The van der Waals surface area contributed by atoms with Crippen molar-refractivity contribution in [1.29, 1.82) is 0 Å². The number of nitrogens with one attached hydrogen (secondary N) is 1. The lowest BCUT2D eigenvalue weighted by Crippen LogP contribution is -2.45. The molecule has 0 bridgehead atoms. The second kappa shape index (κ2) is 72.5. The molecule has 0 fully saturated rings. The summed E-state index contributed by atoms with van der Waals surface area (Å²) in [5.41, 5.74) is 0. The number of nitrogens with zero attached hydrogens (tertiary/aromatic N) is 1. The molecule has 3 atom stereocenters. The fourth-order valence-electron chi connectivity index (χ4n) is 13.2. The lowest BCUT2D eigenvalue weighted by atomic mass is 10.0. The van der Waals surface area contributed by atoms with Gasteiger partial charge in [0.1, 0.15) is 13.2 Å². The van der Waals surface area contributed by atoms with Crippen molar-refractivity contribution in [2.75, 3.05) is 40.9 Å². The highest BCUT2D eigenvalue weighted by molar-refractivity contribution is 7.45. The summed E-state index contributed by atoms with van der Waals surface area (Å²) in [4.78, 5) is 25.7. The lowest BCUT2D eigenvalue weighted by molar-refractivity contribution is -0.870. The molecule has 2 N–H and O–H groups in total. The molecule has 0 aliphatic rings. The third-order valence-electron chi connectivity index (χ3n) is 19.5. The zero-order valence-corrected chi connectivity index (χ0v) is 62.8. The van der Waals surface area contributed by atoms with Gasteiger partial charge in [-0.25, -0.2) is 0 Å². The van der Waals surface area contributed by atoms with Crippen molar-refractivity contribution in [2.45, 2.75) is 463 Å². The second-order valence-corrected chi connectivity index (χ2v) is 31.3. The fraction of sp³-hybridized carbons (Fsp3) is 0.963. The highest BCUT2D eigenvalue weighted by Gasteiger charge is 2.23. The number of amides is 1. The Balaban J connectivity index is 3.91. The Hall–Kier alpha value is -0.760. The quantitative estimate of drug-likeness (QED) is 0.0272. The van der Waals surface area contributed by atoms with Gasteiger partial charge in [0.15, 0.2) is 0 Å². The molecule has 0 heterocycles. The number of phosphoric ester groups is 1. The molecular weight excluding hydrogens is 1130 g/mol. The van der Waals surface area contributed by atoms with Gasteiger partial charge in [-0.1, -0.05) is 437 Å². The smallest absolute Gasteiger partial charge is 0.268 e. The number of aliphatic hydroxyl groups is 1. The predicted octanol–water partition coefficient (Wildman–Crippen LogP) is 26.2. The number of hydrogen-bond acceptors (Lipinski definition) is 6. The van der Waals surface area contributed by atoms with Crippen molar-refractivity contribution >= 4 is 13.7 Å². The maximum absolute atomic E-state index is 13.1. The van der Waals surface area contributed by atoms with E-state index in [-0.39, 0.29) is 19.1 Å². The van der Waals surface area contributed by atoms with E-state index in [1.807, 2.05) is 27.2 Å². The Bertz CT molecular complexity index is 1470. The summed E-state index contributed by atoms with van der Waals surface area (Å²) in [6.07, 6.45) is 95.4. The Morgan fingerprint density at radius 2 is 0.600 bits per heavy atom. The van der Waals surface area contributed by atoms with Crippen LogP contribution in [0.5, 0.6) is 0 Å². The van der Waals surface area contributed by atoms with Gasteiger partial charge in [-0.2, -0.15) is 0 Å². The third-order valence-corrected chi connectivity index (χ3v) is 20.5. The minimum absolute atomic E-state index is 0.00320. The Morgan fingerprint density at radius 3 is 0.833 bits per heavy atom. The molecule has 0 aromatic heterocycles. The van der Waals surface area contributed by atoms with Gasteiger partial charge in [0.2, 0.25) is 5.91 Å². The SMILES string of the molecule is CCCCCCCCCCCCCCCCCCCCCCCCCCCCCCCC/C=C/C(O)C(COP(=O)([O-])OCC[N+](C)(C)C)NC(=O)CCCCCCCCCCCCCCCCCCCCCCCCCCCCCCCCCCCCCC. The average Bonchev–Trinajstić information content (AvgIpc) is 3.56. The molecule has 0 saturated heterocycles. The van der Waals surface area contributed by atoms with Crippen molar-refractivity contribution in [1.82, 2.24) is 5.32 Å². The Labute approximate surface area is 564 Å². The van der Waals surface area contributed by atoms with Crippen LogP contribution in [0.2, 0.25) is 0 Å². The number of hydrogen-bond donors (Lipinski definition) is 2. The number of allylic oxidation sites excluding steroid dienone is 1. The minimum atomic E-state index is -4.60. The molecule has 8 nitrogen and oxygen atoms in total. The van der Waals surface area contributed by atoms with E-state index >= 15 is 0 Å². The van der Waals surface area contributed by atoms with Gasteiger partial charge in [0.25, 0.3) is 7.82 Å². The summed E-state index contributed by atoms with van der Waals surface area (Å²) in [5.74, 6) is -0.185. The van der Waals surface area contributed by atoms with Gasteiger partial charge in [-0.15, -0.1) is 0 Å². The van der Waals surface area contributed by atoms with Gasteiger partial charge >= 0.3 is 0 Å². The first-order chi connectivity index (χ1) is 44.0. The van der Waals surface area contributed by atoms with E-state index in [1.165, 1.54) is 392 Å². The normalized spacial score (nSPS) is 13.5. The van der Waals surface area contributed by atoms with Crippen LogP contribution in [0.1, 0.15) is 450 Å². The number of aliphatic hydroxyl groups excluding tert-OH is 1. The second-order valence-electron chi connectivity index (χ2n) is 29.8. The van der Waals surface area contributed by atoms with Gasteiger partial charge < -0.3 is 28.8 Å². The molecule has 0 saturated carbocycles. The first kappa shape index (κ1) is 89.2. The molecule has 538 valence electrons. The molecule has 1 amide bonds. The molecular formula is C81H163N2O6P. The topological polar surface area (TPSA) is 108 Å². The van der Waals surface area contributed by atoms with Gasteiger partial charge in [0, 0.05) is 6.42 Å². The first-order valence-electron chi connectivity index (χ1n) is 41.1. The Morgan fingerprint density at radius 1 is 0.378 bits per heavy atom. The van der Waals surface area contributed by atoms with Crippen LogP contribution in [-0.2, 0) is 18.4 Å². The van der Waals surface area contributed by atoms with Crippen LogP contribution in [0.3, 0.4) is 0 Å². The minimum Gasteiger partial charge on any atom is -0.756 e. The number of carbonyl (C=O) groups excluding carboxylic acids is 1. The van der Waals surface area contributed by atoms with E-state index in [9.17, 15) is 19.4 Å². The fourth-order valence-corrected chi connectivity index (χ4v) is 13.9. The van der Waals surface area contributed by atoms with Gasteiger partial charge in [0.05, 0.1) is 39.9 Å². The van der Waals surface area contributed by atoms with Crippen molar-refractivity contribution in [3.63, 3.8) is 0 Å². The summed E-state index contributed by atoms with van der Waals surface area (Å²) < 4.78 is 23.5. The van der Waals surface area contributed by atoms with E-state index in [2.05, 4.69) is 19.2 Å². The number of phosphoric acid groups is 1. The molecule has 0 aromatic carbocycles. The van der Waals surface area contributed by atoms with E-state index < -0.39 is 20.0 Å². The summed E-state index contributed by atoms with van der Waals surface area (Å²) >= 11 is 0. The molecule has 0 rings (SSSR count). The molecule has 0 aliphatic carbocycles. The van der Waals surface area contributed by atoms with Gasteiger partial charge in [-0.05, 0) is 19.3 Å². The number of rotatable bonds is 78. The first-order valence-corrected chi connectivity index (χ1v) is 42.5. The highest BCUT2D eigenvalue weighted by atomic mass is 31.2. The largest absolute Gasteiger partial charge is 0.756 e. The van der Waals surface area contributed by atoms with E-state index in [0.717, 1.165) is 38.5 Å². The van der Waals surface area contributed by atoms with Crippen molar-refractivity contribution in [3.05, 3.63) is 12.2 Å². The van der Waals surface area contributed by atoms with Gasteiger partial charge in [-0.3, -0.25) is 9.36 Å². The predicted molar refractivity (Wildman–Crippen MR) is 395 cm³/mol. The monoisotopic (exact) mass is 1290 g/mol. The van der Waals surface area contributed by atoms with Crippen LogP contribution in [-0.4, -0.2) is 68.5 Å². The summed E-state index contributed by atoms with van der Waals surface area (Å²) in [6, 6.07) is -0.885. The molecule has 90 heavy (non-hydrogen) atoms. The number of carbonyl (C=O) groups is 1. The van der Waals surface area contributed by atoms with Crippen molar-refractivity contribution in [2.24, 2.45) is 0 Å². The van der Waals surface area contributed by atoms with Crippen LogP contribution in [0.15, 0.2) is 12.2 Å². The van der Waals surface area contributed by atoms with Crippen LogP contribution >= 0.6 is 7.82 Å². The molecule has 0 radical (unpaired) electrons. The van der Waals surface area contributed by atoms with Crippen molar-refractivity contribution < 1.29 is 32.9 Å². The Kier molecular flexibility index (Phi) is 71.9. The molecule has 0 aliphatic heterocycles. The van der Waals surface area contributed by atoms with Crippen LogP contribution in [0, 0.1) is 0 Å². The number of quaternary nitrogens is 1. The number of unbranched alkanes of at least 4 members (excludes halogenated alkanes) is 65. The summed E-state index contributed by atoms with van der Waals surface area (Å²) in [7, 11) is 1.29.